The molecule has 1 aromatic rings. The number of aryl methyl sites for hydroxylation is 1. The van der Waals surface area contributed by atoms with Gasteiger partial charge in [-0.05, 0) is 31.7 Å². The van der Waals surface area contributed by atoms with Crippen molar-refractivity contribution in [3.05, 3.63) is 17.5 Å². The minimum atomic E-state index is 0.154. The van der Waals surface area contributed by atoms with Crippen molar-refractivity contribution in [1.29, 1.82) is 0 Å². The van der Waals surface area contributed by atoms with Crippen molar-refractivity contribution in [2.24, 2.45) is 5.92 Å². The van der Waals surface area contributed by atoms with Crippen molar-refractivity contribution in [2.75, 3.05) is 11.9 Å². The molecule has 2 N–H and O–H groups in total. The molecule has 0 aliphatic carbocycles. The first kappa shape index (κ1) is 13.9. The molecule has 0 amide bonds. The molecule has 96 valence electrons. The van der Waals surface area contributed by atoms with Gasteiger partial charge >= 0.3 is 0 Å². The summed E-state index contributed by atoms with van der Waals surface area (Å²) < 4.78 is 0. The van der Waals surface area contributed by atoms with Crippen LogP contribution in [0.1, 0.15) is 45.0 Å². The molecule has 0 bridgehead atoms. The summed E-state index contributed by atoms with van der Waals surface area (Å²) in [6.07, 6.45) is 0. The topological polar surface area (TPSA) is 58.0 Å². The predicted molar refractivity (Wildman–Crippen MR) is 70.2 cm³/mol. The third kappa shape index (κ3) is 3.97. The van der Waals surface area contributed by atoms with E-state index in [9.17, 15) is 0 Å². The van der Waals surface area contributed by atoms with Crippen LogP contribution in [0.3, 0.4) is 0 Å². The minimum Gasteiger partial charge on any atom is -0.396 e. The Labute approximate surface area is 103 Å². The van der Waals surface area contributed by atoms with Gasteiger partial charge in [0, 0.05) is 24.0 Å². The molecule has 0 aliphatic heterocycles. The van der Waals surface area contributed by atoms with Crippen molar-refractivity contribution in [3.63, 3.8) is 0 Å². The van der Waals surface area contributed by atoms with Crippen LogP contribution in [-0.2, 0) is 0 Å². The molecular formula is C13H23N3O. The number of nitrogens with zero attached hydrogens (tertiary/aromatic N) is 2. The number of nitrogens with one attached hydrogen (secondary N) is 1. The highest BCUT2D eigenvalue weighted by atomic mass is 16.3. The Hall–Kier alpha value is -1.16. The molecule has 2 atom stereocenters. The van der Waals surface area contributed by atoms with Gasteiger partial charge in [0.05, 0.1) is 0 Å². The third-order valence-electron chi connectivity index (χ3n) is 2.96. The van der Waals surface area contributed by atoms with Crippen LogP contribution in [0.5, 0.6) is 0 Å². The summed E-state index contributed by atoms with van der Waals surface area (Å²) >= 11 is 0. The van der Waals surface area contributed by atoms with E-state index in [1.807, 2.05) is 26.8 Å². The van der Waals surface area contributed by atoms with Crippen LogP contribution in [0, 0.1) is 12.8 Å². The lowest BCUT2D eigenvalue weighted by Crippen LogP contribution is -2.27. The largest absolute Gasteiger partial charge is 0.396 e. The molecule has 0 saturated carbocycles. The maximum absolute atomic E-state index is 9.10. The van der Waals surface area contributed by atoms with E-state index in [1.54, 1.807) is 0 Å². The molecule has 0 fully saturated rings. The number of hydrogen-bond donors (Lipinski definition) is 2. The van der Waals surface area contributed by atoms with E-state index in [0.29, 0.717) is 11.9 Å². The van der Waals surface area contributed by atoms with Crippen molar-refractivity contribution < 1.29 is 5.11 Å². The summed E-state index contributed by atoms with van der Waals surface area (Å²) in [5.74, 6) is 1.23. The SMILES string of the molecule is Cc1cc(C(C)C)nc(NC(C)C(C)CO)n1. The Morgan fingerprint density at radius 2 is 1.88 bits per heavy atom. The van der Waals surface area contributed by atoms with Gasteiger partial charge < -0.3 is 10.4 Å². The van der Waals surface area contributed by atoms with Crippen LogP contribution in [0.4, 0.5) is 5.95 Å². The molecule has 0 aliphatic rings. The maximum Gasteiger partial charge on any atom is 0.223 e. The minimum absolute atomic E-state index is 0.154. The number of hydrogen-bond acceptors (Lipinski definition) is 4. The smallest absolute Gasteiger partial charge is 0.223 e. The Bertz CT molecular complexity index is 366. The number of aliphatic hydroxyl groups excluding tert-OH is 1. The Morgan fingerprint density at radius 3 is 2.41 bits per heavy atom. The molecular weight excluding hydrogens is 214 g/mol. The van der Waals surface area contributed by atoms with Gasteiger partial charge in [-0.15, -0.1) is 0 Å². The summed E-state index contributed by atoms with van der Waals surface area (Å²) in [4.78, 5) is 8.85. The van der Waals surface area contributed by atoms with Crippen LogP contribution in [0.2, 0.25) is 0 Å². The second kappa shape index (κ2) is 5.96. The van der Waals surface area contributed by atoms with Gasteiger partial charge in [-0.3, -0.25) is 0 Å². The molecule has 4 nitrogen and oxygen atoms in total. The summed E-state index contributed by atoms with van der Waals surface area (Å²) in [6.45, 7) is 10.4. The fraction of sp³-hybridized carbons (Fsp3) is 0.692. The van der Waals surface area contributed by atoms with E-state index in [4.69, 9.17) is 5.11 Å². The molecule has 0 saturated heterocycles. The fourth-order valence-corrected chi connectivity index (χ4v) is 1.46. The monoisotopic (exact) mass is 237 g/mol. The lowest BCUT2D eigenvalue weighted by molar-refractivity contribution is 0.226. The molecule has 1 rings (SSSR count). The zero-order chi connectivity index (χ0) is 13.0. The normalized spacial score (nSPS) is 14.8. The zero-order valence-electron chi connectivity index (χ0n) is 11.4. The van der Waals surface area contributed by atoms with Crippen molar-refractivity contribution in [1.82, 2.24) is 9.97 Å². The summed E-state index contributed by atoms with van der Waals surface area (Å²) in [7, 11) is 0. The second-order valence-corrected chi connectivity index (χ2v) is 5.01. The van der Waals surface area contributed by atoms with Gasteiger partial charge in [0.25, 0.3) is 0 Å². The van der Waals surface area contributed by atoms with Crippen LogP contribution in [-0.4, -0.2) is 27.7 Å². The molecule has 0 aromatic carbocycles. The van der Waals surface area contributed by atoms with Crippen LogP contribution >= 0.6 is 0 Å². The van der Waals surface area contributed by atoms with Gasteiger partial charge in [-0.1, -0.05) is 20.8 Å². The van der Waals surface area contributed by atoms with Gasteiger partial charge in [-0.25, -0.2) is 9.97 Å². The summed E-state index contributed by atoms with van der Waals surface area (Å²) in [5, 5.41) is 12.3. The quantitative estimate of drug-likeness (QED) is 0.825. The average molecular weight is 237 g/mol. The Balaban J connectivity index is 2.84. The van der Waals surface area contributed by atoms with E-state index in [-0.39, 0.29) is 18.6 Å². The molecule has 2 unspecified atom stereocenters. The lowest BCUT2D eigenvalue weighted by atomic mass is 10.1. The van der Waals surface area contributed by atoms with Crippen LogP contribution < -0.4 is 5.32 Å². The van der Waals surface area contributed by atoms with E-state index in [1.165, 1.54) is 0 Å². The number of aliphatic hydroxyl groups is 1. The van der Waals surface area contributed by atoms with Crippen molar-refractivity contribution in [2.45, 2.75) is 46.6 Å². The van der Waals surface area contributed by atoms with E-state index in [2.05, 4.69) is 29.1 Å². The first-order chi connectivity index (χ1) is 7.93. The Kier molecular flexibility index (Phi) is 4.87. The van der Waals surface area contributed by atoms with E-state index >= 15 is 0 Å². The van der Waals surface area contributed by atoms with Crippen molar-refractivity contribution >= 4 is 5.95 Å². The van der Waals surface area contributed by atoms with E-state index < -0.39 is 0 Å². The number of aromatic nitrogens is 2. The van der Waals surface area contributed by atoms with Gasteiger partial charge in [0.2, 0.25) is 5.95 Å². The summed E-state index contributed by atoms with van der Waals surface area (Å²) in [5.41, 5.74) is 2.01. The molecule has 4 heteroatoms. The number of anilines is 1. The maximum atomic E-state index is 9.10. The highest BCUT2D eigenvalue weighted by molar-refractivity contribution is 5.30. The summed E-state index contributed by atoms with van der Waals surface area (Å²) in [6, 6.07) is 2.16. The van der Waals surface area contributed by atoms with Crippen molar-refractivity contribution in [3.8, 4) is 0 Å². The first-order valence-corrected chi connectivity index (χ1v) is 6.17. The number of rotatable bonds is 5. The zero-order valence-corrected chi connectivity index (χ0v) is 11.4. The molecule has 1 aromatic heterocycles. The first-order valence-electron chi connectivity index (χ1n) is 6.17. The standard InChI is InChI=1S/C13H23N3O/c1-8(2)12-6-10(4)14-13(16-12)15-11(5)9(3)7-17/h6,8-9,11,17H,7H2,1-5H3,(H,14,15,16). The molecule has 0 spiro atoms. The van der Waals surface area contributed by atoms with E-state index in [0.717, 1.165) is 11.4 Å². The van der Waals surface area contributed by atoms with Gasteiger partial charge in [0.15, 0.2) is 0 Å². The predicted octanol–water partition coefficient (Wildman–Crippen LogP) is 2.34. The van der Waals surface area contributed by atoms with Gasteiger partial charge in [0.1, 0.15) is 0 Å². The highest BCUT2D eigenvalue weighted by Gasteiger charge is 2.13. The fourth-order valence-electron chi connectivity index (χ4n) is 1.46. The highest BCUT2D eigenvalue weighted by Crippen LogP contribution is 2.16. The van der Waals surface area contributed by atoms with Gasteiger partial charge in [-0.2, -0.15) is 0 Å². The molecule has 17 heavy (non-hydrogen) atoms. The third-order valence-corrected chi connectivity index (χ3v) is 2.96. The lowest BCUT2D eigenvalue weighted by Gasteiger charge is -2.20. The second-order valence-electron chi connectivity index (χ2n) is 5.01. The van der Waals surface area contributed by atoms with Crippen LogP contribution in [0.15, 0.2) is 6.07 Å². The van der Waals surface area contributed by atoms with Crippen LogP contribution in [0.25, 0.3) is 0 Å². The Morgan fingerprint density at radius 1 is 1.24 bits per heavy atom. The average Bonchev–Trinajstić information content (AvgIpc) is 2.26. The molecule has 0 radical (unpaired) electrons. The molecule has 1 heterocycles.